The molecule has 1 atom stereocenters. The predicted molar refractivity (Wildman–Crippen MR) is 80.2 cm³/mol. The van der Waals surface area contributed by atoms with E-state index >= 15 is 0 Å². The summed E-state index contributed by atoms with van der Waals surface area (Å²) in [6, 6.07) is 4.69. The molecule has 0 spiro atoms. The monoisotopic (exact) mass is 336 g/mol. The maximum absolute atomic E-state index is 12.6. The number of carbonyl (C=O) groups is 1. The van der Waals surface area contributed by atoms with Crippen LogP contribution in [0.25, 0.3) is 0 Å². The fourth-order valence-corrected chi connectivity index (χ4v) is 2.34. The SMILES string of the molecule is COc1cccc(C(=O)N2CCNC(C)C2)c1OC(F)F.Cl. The molecule has 1 fully saturated rings. The van der Waals surface area contributed by atoms with Crippen LogP contribution in [0.2, 0.25) is 0 Å². The molecule has 22 heavy (non-hydrogen) atoms. The molecule has 0 aliphatic carbocycles. The van der Waals surface area contributed by atoms with Crippen molar-refractivity contribution in [2.45, 2.75) is 19.6 Å². The maximum Gasteiger partial charge on any atom is 0.387 e. The molecule has 1 aliphatic heterocycles. The van der Waals surface area contributed by atoms with Gasteiger partial charge < -0.3 is 19.7 Å². The molecule has 8 heteroatoms. The molecule has 0 radical (unpaired) electrons. The van der Waals surface area contributed by atoms with E-state index in [9.17, 15) is 13.6 Å². The standard InChI is InChI=1S/C14H18F2N2O3.ClH/c1-9-8-18(7-6-17-9)13(19)10-4-3-5-11(20-2)12(10)21-14(15)16;/h3-5,9,14,17H,6-8H2,1-2H3;1H. The number of halogens is 3. The summed E-state index contributed by atoms with van der Waals surface area (Å²) in [4.78, 5) is 14.2. The Labute approximate surface area is 134 Å². The van der Waals surface area contributed by atoms with Crippen molar-refractivity contribution in [3.05, 3.63) is 23.8 Å². The van der Waals surface area contributed by atoms with Crippen molar-refractivity contribution in [1.82, 2.24) is 10.2 Å². The number of nitrogens with zero attached hydrogens (tertiary/aromatic N) is 1. The van der Waals surface area contributed by atoms with E-state index in [1.807, 2.05) is 6.92 Å². The van der Waals surface area contributed by atoms with E-state index < -0.39 is 6.61 Å². The predicted octanol–water partition coefficient (Wildman–Crippen LogP) is 2.15. The van der Waals surface area contributed by atoms with Gasteiger partial charge in [0.15, 0.2) is 11.5 Å². The Bertz CT molecular complexity index is 517. The Balaban J connectivity index is 0.00000242. The summed E-state index contributed by atoms with van der Waals surface area (Å²) in [5.41, 5.74) is 0.0868. The third-order valence-electron chi connectivity index (χ3n) is 3.29. The van der Waals surface area contributed by atoms with Gasteiger partial charge >= 0.3 is 6.61 Å². The van der Waals surface area contributed by atoms with Gasteiger partial charge in [0.25, 0.3) is 5.91 Å². The average molecular weight is 337 g/mol. The van der Waals surface area contributed by atoms with Crippen LogP contribution in [-0.2, 0) is 0 Å². The van der Waals surface area contributed by atoms with Gasteiger partial charge in [0.05, 0.1) is 12.7 Å². The molecule has 5 nitrogen and oxygen atoms in total. The summed E-state index contributed by atoms with van der Waals surface area (Å²) in [5.74, 6) is -0.437. The molecular weight excluding hydrogens is 318 g/mol. The van der Waals surface area contributed by atoms with Crippen LogP contribution in [-0.4, -0.2) is 50.2 Å². The zero-order valence-corrected chi connectivity index (χ0v) is 13.2. The van der Waals surface area contributed by atoms with E-state index in [2.05, 4.69) is 10.1 Å². The van der Waals surface area contributed by atoms with Crippen molar-refractivity contribution < 1.29 is 23.0 Å². The van der Waals surface area contributed by atoms with Gasteiger partial charge in [-0.05, 0) is 19.1 Å². The topological polar surface area (TPSA) is 50.8 Å². The maximum atomic E-state index is 12.6. The summed E-state index contributed by atoms with van der Waals surface area (Å²) in [5, 5.41) is 3.22. The van der Waals surface area contributed by atoms with Crippen LogP contribution < -0.4 is 14.8 Å². The number of amides is 1. The molecule has 2 rings (SSSR count). The highest BCUT2D eigenvalue weighted by atomic mass is 35.5. The van der Waals surface area contributed by atoms with Gasteiger partial charge in [0.2, 0.25) is 0 Å². The summed E-state index contributed by atoms with van der Waals surface area (Å²) in [6.45, 7) is 0.650. The molecule has 124 valence electrons. The van der Waals surface area contributed by atoms with Crippen LogP contribution in [0.3, 0.4) is 0 Å². The number of hydrogen-bond acceptors (Lipinski definition) is 4. The van der Waals surface area contributed by atoms with Crippen LogP contribution in [0.15, 0.2) is 18.2 Å². The molecule has 1 amide bonds. The zero-order chi connectivity index (χ0) is 15.4. The van der Waals surface area contributed by atoms with E-state index in [1.165, 1.54) is 19.2 Å². The molecule has 1 aliphatic rings. The Morgan fingerprint density at radius 1 is 1.45 bits per heavy atom. The largest absolute Gasteiger partial charge is 0.493 e. The molecule has 1 heterocycles. The third-order valence-corrected chi connectivity index (χ3v) is 3.29. The Morgan fingerprint density at radius 3 is 2.77 bits per heavy atom. The molecule has 1 aromatic carbocycles. The highest BCUT2D eigenvalue weighted by molar-refractivity contribution is 5.98. The number of carbonyl (C=O) groups excluding carboxylic acids is 1. The molecule has 1 aromatic rings. The number of piperazine rings is 1. The van der Waals surface area contributed by atoms with Gasteiger partial charge in [-0.15, -0.1) is 12.4 Å². The summed E-state index contributed by atoms with van der Waals surface area (Å²) < 4.78 is 34.6. The first-order valence-electron chi connectivity index (χ1n) is 6.67. The number of ether oxygens (including phenoxy) is 2. The van der Waals surface area contributed by atoms with Crippen molar-refractivity contribution >= 4 is 18.3 Å². The highest BCUT2D eigenvalue weighted by Gasteiger charge is 2.26. The van der Waals surface area contributed by atoms with Crippen molar-refractivity contribution in [2.75, 3.05) is 26.7 Å². The van der Waals surface area contributed by atoms with Crippen molar-refractivity contribution in [3.63, 3.8) is 0 Å². The Hall–Kier alpha value is -1.60. The number of alkyl halides is 2. The number of hydrogen-bond donors (Lipinski definition) is 1. The average Bonchev–Trinajstić information content (AvgIpc) is 2.46. The second-order valence-electron chi connectivity index (χ2n) is 4.82. The van der Waals surface area contributed by atoms with Crippen LogP contribution in [0.1, 0.15) is 17.3 Å². The smallest absolute Gasteiger partial charge is 0.387 e. The minimum absolute atomic E-state index is 0. The number of methoxy groups -OCH3 is 1. The second-order valence-corrected chi connectivity index (χ2v) is 4.82. The molecule has 0 saturated carbocycles. The van der Waals surface area contributed by atoms with Gasteiger partial charge in [-0.1, -0.05) is 6.07 Å². The normalized spacial score (nSPS) is 17.9. The zero-order valence-electron chi connectivity index (χ0n) is 12.3. The van der Waals surface area contributed by atoms with Gasteiger partial charge in [0, 0.05) is 25.7 Å². The summed E-state index contributed by atoms with van der Waals surface area (Å²) in [6.07, 6.45) is 0. The van der Waals surface area contributed by atoms with Crippen molar-refractivity contribution in [2.24, 2.45) is 0 Å². The van der Waals surface area contributed by atoms with Crippen LogP contribution >= 0.6 is 12.4 Å². The van der Waals surface area contributed by atoms with Crippen LogP contribution in [0, 0.1) is 0 Å². The minimum Gasteiger partial charge on any atom is -0.493 e. The lowest BCUT2D eigenvalue weighted by molar-refractivity contribution is -0.0516. The van der Waals surface area contributed by atoms with E-state index in [0.29, 0.717) is 19.6 Å². The quantitative estimate of drug-likeness (QED) is 0.915. The fourth-order valence-electron chi connectivity index (χ4n) is 2.34. The Kier molecular flexibility index (Phi) is 6.83. The third kappa shape index (κ3) is 4.20. The van der Waals surface area contributed by atoms with Gasteiger partial charge in [-0.25, -0.2) is 0 Å². The molecule has 0 bridgehead atoms. The molecule has 1 saturated heterocycles. The number of benzene rings is 1. The molecule has 1 N–H and O–H groups in total. The van der Waals surface area contributed by atoms with E-state index in [4.69, 9.17) is 4.74 Å². The first-order chi connectivity index (χ1) is 10.0. The van der Waals surface area contributed by atoms with Crippen molar-refractivity contribution in [3.8, 4) is 11.5 Å². The van der Waals surface area contributed by atoms with E-state index in [0.717, 1.165) is 0 Å². The lowest BCUT2D eigenvalue weighted by Gasteiger charge is -2.32. The van der Waals surface area contributed by atoms with Gasteiger partial charge in [-0.3, -0.25) is 4.79 Å². The Morgan fingerprint density at radius 2 is 2.18 bits per heavy atom. The fraction of sp³-hybridized carbons (Fsp3) is 0.500. The highest BCUT2D eigenvalue weighted by Crippen LogP contribution is 2.33. The van der Waals surface area contributed by atoms with Gasteiger partial charge in [0.1, 0.15) is 0 Å². The lowest BCUT2D eigenvalue weighted by Crippen LogP contribution is -2.51. The number of rotatable bonds is 4. The molecular formula is C14H19ClF2N2O3. The van der Waals surface area contributed by atoms with Gasteiger partial charge in [-0.2, -0.15) is 8.78 Å². The first kappa shape index (κ1) is 18.4. The molecule has 1 unspecified atom stereocenters. The second kappa shape index (κ2) is 8.14. The number of para-hydroxylation sites is 1. The summed E-state index contributed by atoms with van der Waals surface area (Å²) >= 11 is 0. The van der Waals surface area contributed by atoms with Crippen LogP contribution in [0.4, 0.5) is 8.78 Å². The lowest BCUT2D eigenvalue weighted by atomic mass is 10.1. The van der Waals surface area contributed by atoms with Crippen molar-refractivity contribution in [1.29, 1.82) is 0 Å². The van der Waals surface area contributed by atoms with Crippen LogP contribution in [0.5, 0.6) is 11.5 Å². The van der Waals surface area contributed by atoms with E-state index in [1.54, 1.807) is 11.0 Å². The first-order valence-corrected chi connectivity index (χ1v) is 6.67. The minimum atomic E-state index is -3.02. The summed E-state index contributed by atoms with van der Waals surface area (Å²) in [7, 11) is 1.34. The number of nitrogens with one attached hydrogen (secondary N) is 1. The van der Waals surface area contributed by atoms with E-state index in [-0.39, 0.29) is 41.4 Å². The molecule has 0 aromatic heterocycles.